The molecule has 2 atom stereocenters. The first-order chi connectivity index (χ1) is 9.58. The maximum atomic E-state index is 9.22. The van der Waals surface area contributed by atoms with Crippen LogP contribution in [0.15, 0.2) is 35.6 Å². The number of aromatic nitrogens is 2. The molecule has 0 bridgehead atoms. The van der Waals surface area contributed by atoms with Crippen LogP contribution >= 0.6 is 11.8 Å². The molecule has 5 heteroatoms. The number of hydrogen-bond donors (Lipinski definition) is 1. The van der Waals surface area contributed by atoms with Gasteiger partial charge in [0.2, 0.25) is 0 Å². The normalized spacial score (nSPS) is 15.5. The molecule has 4 nitrogen and oxygen atoms in total. The lowest BCUT2D eigenvalue weighted by Gasteiger charge is -2.24. The minimum Gasteiger partial charge on any atom is -0.303 e. The monoisotopic (exact) mass is 286 g/mol. The van der Waals surface area contributed by atoms with E-state index in [4.69, 9.17) is 0 Å². The minimum absolute atomic E-state index is 0.283. The third-order valence-corrected chi connectivity index (χ3v) is 4.43. The van der Waals surface area contributed by atoms with Crippen molar-refractivity contribution in [2.24, 2.45) is 0 Å². The lowest BCUT2D eigenvalue weighted by atomic mass is 9.98. The molecule has 1 heterocycles. The molecule has 20 heavy (non-hydrogen) atoms. The summed E-state index contributed by atoms with van der Waals surface area (Å²) in [6, 6.07) is 10.3. The van der Waals surface area contributed by atoms with Crippen LogP contribution in [0.3, 0.4) is 0 Å². The van der Waals surface area contributed by atoms with Gasteiger partial charge in [-0.1, -0.05) is 25.1 Å². The molecule has 1 aromatic heterocycles. The maximum absolute atomic E-state index is 9.22. The van der Waals surface area contributed by atoms with Gasteiger partial charge in [-0.05, 0) is 26.5 Å². The van der Waals surface area contributed by atoms with Crippen LogP contribution in [0, 0.1) is 11.3 Å². The number of nitrogens with zero attached hydrogens (tertiary/aromatic N) is 3. The van der Waals surface area contributed by atoms with E-state index < -0.39 is 5.54 Å². The highest BCUT2D eigenvalue weighted by Gasteiger charge is 2.25. The molecule has 0 spiro atoms. The van der Waals surface area contributed by atoms with E-state index in [2.05, 4.69) is 28.3 Å². The second-order valence-electron chi connectivity index (χ2n) is 5.02. The molecule has 2 aromatic rings. The number of para-hydroxylation sites is 1. The van der Waals surface area contributed by atoms with Crippen molar-refractivity contribution < 1.29 is 0 Å². The Hall–Kier alpha value is -1.64. The fourth-order valence-electron chi connectivity index (χ4n) is 2.08. The van der Waals surface area contributed by atoms with Crippen molar-refractivity contribution in [2.75, 3.05) is 7.05 Å². The fourth-order valence-corrected chi connectivity index (χ4v) is 3.29. The summed E-state index contributed by atoms with van der Waals surface area (Å²) in [4.78, 5) is 8.64. The molecule has 0 aliphatic heterocycles. The van der Waals surface area contributed by atoms with E-state index in [1.165, 1.54) is 0 Å². The Balaban J connectivity index is 2.19. The van der Waals surface area contributed by atoms with Gasteiger partial charge in [0, 0.05) is 10.6 Å². The zero-order valence-corrected chi connectivity index (χ0v) is 12.7. The quantitative estimate of drug-likeness (QED) is 0.676. The molecular formula is C15H18N4S. The number of nitrogens with one attached hydrogen (secondary N) is 1. The maximum Gasteiger partial charge on any atom is 0.117 e. The van der Waals surface area contributed by atoms with Gasteiger partial charge >= 0.3 is 0 Å². The minimum atomic E-state index is -0.505. The Labute approximate surface area is 123 Å². The predicted octanol–water partition coefficient (Wildman–Crippen LogP) is 3.00. The van der Waals surface area contributed by atoms with Gasteiger partial charge in [-0.3, -0.25) is 0 Å². The smallest absolute Gasteiger partial charge is 0.117 e. The van der Waals surface area contributed by atoms with Crippen molar-refractivity contribution >= 4 is 22.7 Å². The number of nitriles is 1. The van der Waals surface area contributed by atoms with E-state index in [0.29, 0.717) is 0 Å². The molecule has 0 radical (unpaired) electrons. The molecule has 0 aliphatic carbocycles. The van der Waals surface area contributed by atoms with Crippen molar-refractivity contribution in [1.29, 1.82) is 5.26 Å². The molecule has 1 aromatic carbocycles. The van der Waals surface area contributed by atoms with Crippen LogP contribution in [0.5, 0.6) is 0 Å². The summed E-state index contributed by atoms with van der Waals surface area (Å²) in [5.41, 5.74) is 0.448. The third-order valence-electron chi connectivity index (χ3n) is 3.31. The summed E-state index contributed by atoms with van der Waals surface area (Å²) in [6.45, 7) is 4.04. The number of rotatable bonds is 5. The van der Waals surface area contributed by atoms with Crippen LogP contribution in [-0.4, -0.2) is 27.8 Å². The second-order valence-corrected chi connectivity index (χ2v) is 6.45. The molecule has 1 N–H and O–H groups in total. The summed E-state index contributed by atoms with van der Waals surface area (Å²) < 4.78 is 0. The van der Waals surface area contributed by atoms with Gasteiger partial charge in [0.15, 0.2) is 0 Å². The lowest BCUT2D eigenvalue weighted by Crippen LogP contribution is -2.40. The number of hydrogen-bond acceptors (Lipinski definition) is 5. The highest BCUT2D eigenvalue weighted by molar-refractivity contribution is 8.00. The summed E-state index contributed by atoms with van der Waals surface area (Å²) >= 11 is 1.69. The standard InChI is InChI=1S/C15H18N4S/c1-11(8-15(2,9-16)17-3)20-14-12-6-4-5-7-13(12)18-10-19-14/h4-7,10-11,17H,8H2,1-3H3. The number of thioether (sulfide) groups is 1. The molecule has 0 saturated heterocycles. The first-order valence-electron chi connectivity index (χ1n) is 6.54. The van der Waals surface area contributed by atoms with Gasteiger partial charge in [-0.15, -0.1) is 11.8 Å². The van der Waals surface area contributed by atoms with Crippen molar-refractivity contribution in [1.82, 2.24) is 15.3 Å². The van der Waals surface area contributed by atoms with Crippen LogP contribution in [-0.2, 0) is 0 Å². The SMILES string of the molecule is CNC(C)(C#N)CC(C)Sc1ncnc2ccccc12. The summed E-state index contributed by atoms with van der Waals surface area (Å²) in [5.74, 6) is 0. The van der Waals surface area contributed by atoms with Gasteiger partial charge in [-0.2, -0.15) is 5.26 Å². The van der Waals surface area contributed by atoms with Crippen LogP contribution in [0.2, 0.25) is 0 Å². The molecule has 0 aliphatic rings. The van der Waals surface area contributed by atoms with E-state index in [-0.39, 0.29) is 5.25 Å². The number of fused-ring (bicyclic) bond motifs is 1. The van der Waals surface area contributed by atoms with Crippen LogP contribution in [0.4, 0.5) is 0 Å². The average Bonchev–Trinajstić information content (AvgIpc) is 2.47. The van der Waals surface area contributed by atoms with Gasteiger partial charge in [0.05, 0.1) is 11.6 Å². The largest absolute Gasteiger partial charge is 0.303 e. The second kappa shape index (κ2) is 6.21. The van der Waals surface area contributed by atoms with Gasteiger partial charge < -0.3 is 5.32 Å². The Kier molecular flexibility index (Phi) is 4.58. The summed E-state index contributed by atoms with van der Waals surface area (Å²) in [7, 11) is 1.82. The van der Waals surface area contributed by atoms with Crippen molar-refractivity contribution in [3.8, 4) is 6.07 Å². The zero-order valence-electron chi connectivity index (χ0n) is 11.9. The van der Waals surface area contributed by atoms with Crippen LogP contribution < -0.4 is 5.32 Å². The van der Waals surface area contributed by atoms with E-state index >= 15 is 0 Å². The van der Waals surface area contributed by atoms with Crippen molar-refractivity contribution in [3.05, 3.63) is 30.6 Å². The first-order valence-corrected chi connectivity index (χ1v) is 7.42. The molecule has 0 saturated carbocycles. The predicted molar refractivity (Wildman–Crippen MR) is 82.6 cm³/mol. The van der Waals surface area contributed by atoms with Crippen molar-refractivity contribution in [3.63, 3.8) is 0 Å². The topological polar surface area (TPSA) is 61.6 Å². The van der Waals surface area contributed by atoms with Crippen molar-refractivity contribution in [2.45, 2.75) is 36.1 Å². The summed E-state index contributed by atoms with van der Waals surface area (Å²) in [5, 5.41) is 14.6. The van der Waals surface area contributed by atoms with Gasteiger partial charge in [-0.25, -0.2) is 9.97 Å². The zero-order chi connectivity index (χ0) is 14.6. The van der Waals surface area contributed by atoms with E-state index in [1.807, 2.05) is 38.2 Å². The first kappa shape index (κ1) is 14.8. The Morgan fingerprint density at radius 2 is 2.15 bits per heavy atom. The third kappa shape index (κ3) is 3.27. The summed E-state index contributed by atoms with van der Waals surface area (Å²) in [6.07, 6.45) is 2.35. The average molecular weight is 286 g/mol. The van der Waals surface area contributed by atoms with Crippen LogP contribution in [0.25, 0.3) is 10.9 Å². The Bertz CT molecular complexity index is 632. The lowest BCUT2D eigenvalue weighted by molar-refractivity contribution is 0.455. The number of benzene rings is 1. The molecular weight excluding hydrogens is 268 g/mol. The molecule has 2 rings (SSSR count). The molecule has 104 valence electrons. The van der Waals surface area contributed by atoms with E-state index in [0.717, 1.165) is 22.3 Å². The van der Waals surface area contributed by atoms with Gasteiger partial charge in [0.1, 0.15) is 16.9 Å². The Morgan fingerprint density at radius 3 is 2.85 bits per heavy atom. The van der Waals surface area contributed by atoms with Crippen LogP contribution in [0.1, 0.15) is 20.3 Å². The Morgan fingerprint density at radius 1 is 1.40 bits per heavy atom. The highest BCUT2D eigenvalue weighted by Crippen LogP contribution is 2.31. The molecule has 2 unspecified atom stereocenters. The van der Waals surface area contributed by atoms with E-state index in [1.54, 1.807) is 18.1 Å². The highest BCUT2D eigenvalue weighted by atomic mass is 32.2. The molecule has 0 amide bonds. The molecule has 0 fully saturated rings. The van der Waals surface area contributed by atoms with E-state index in [9.17, 15) is 5.26 Å². The van der Waals surface area contributed by atoms with Gasteiger partial charge in [0.25, 0.3) is 0 Å². The fraction of sp³-hybridized carbons (Fsp3) is 0.400.